The van der Waals surface area contributed by atoms with Gasteiger partial charge in [-0.05, 0) is 36.5 Å². The first kappa shape index (κ1) is 18.1. The summed E-state index contributed by atoms with van der Waals surface area (Å²) in [6, 6.07) is 11.4. The van der Waals surface area contributed by atoms with E-state index in [1.807, 2.05) is 0 Å². The summed E-state index contributed by atoms with van der Waals surface area (Å²) >= 11 is 0. The van der Waals surface area contributed by atoms with Gasteiger partial charge < -0.3 is 9.74 Å². The molecule has 1 unspecified atom stereocenters. The molecule has 1 aliphatic heterocycles. The average molecular weight is 347 g/mol. The third-order valence-corrected chi connectivity index (χ3v) is 10.8. The van der Waals surface area contributed by atoms with Crippen LogP contribution in [-0.2, 0) is 11.0 Å². The topological polar surface area (TPSA) is 24.5 Å². The summed E-state index contributed by atoms with van der Waals surface area (Å²) in [5.74, 6) is 0. The highest BCUT2D eigenvalue weighted by Gasteiger charge is 2.48. The maximum absolute atomic E-state index is 6.55. The van der Waals surface area contributed by atoms with Crippen molar-refractivity contribution in [3.63, 3.8) is 0 Å². The molecule has 1 spiro atoms. The largest absolute Gasteiger partial charge is 0.415 e. The van der Waals surface area contributed by atoms with Crippen LogP contribution in [0.25, 0.3) is 0 Å². The standard InChI is InChI=1S/C20H34N2OSi/c1-19(2,3)24(4,5)23-15-18-13-21-20(11-12-20)16-22(18)14-17-9-7-6-8-10-17/h6-10,18,21H,11-16H2,1-5H3. The summed E-state index contributed by atoms with van der Waals surface area (Å²) in [4.78, 5) is 2.66. The van der Waals surface area contributed by atoms with Crippen molar-refractivity contribution in [1.82, 2.24) is 10.2 Å². The highest BCUT2D eigenvalue weighted by molar-refractivity contribution is 6.74. The second-order valence-corrected chi connectivity index (χ2v) is 14.1. The zero-order valence-corrected chi connectivity index (χ0v) is 17.1. The Labute approximate surface area is 148 Å². The third kappa shape index (κ3) is 4.10. The van der Waals surface area contributed by atoms with Gasteiger partial charge in [0.25, 0.3) is 0 Å². The van der Waals surface area contributed by atoms with E-state index in [1.54, 1.807) is 0 Å². The molecule has 3 nitrogen and oxygen atoms in total. The van der Waals surface area contributed by atoms with Crippen LogP contribution in [0.4, 0.5) is 0 Å². The molecular formula is C20H34N2OSi. The number of benzene rings is 1. The van der Waals surface area contributed by atoms with Crippen LogP contribution < -0.4 is 5.32 Å². The molecule has 1 saturated carbocycles. The predicted octanol–water partition coefficient (Wildman–Crippen LogP) is 4.01. The second-order valence-electron chi connectivity index (χ2n) is 9.28. The second kappa shape index (κ2) is 6.56. The molecule has 1 heterocycles. The first-order valence-corrected chi connectivity index (χ1v) is 12.3. The van der Waals surface area contributed by atoms with Gasteiger partial charge >= 0.3 is 0 Å². The molecule has 1 N–H and O–H groups in total. The van der Waals surface area contributed by atoms with Gasteiger partial charge in [0.05, 0.1) is 6.61 Å². The van der Waals surface area contributed by atoms with Crippen molar-refractivity contribution in [3.05, 3.63) is 35.9 Å². The van der Waals surface area contributed by atoms with Gasteiger partial charge in [0.1, 0.15) is 0 Å². The summed E-state index contributed by atoms with van der Waals surface area (Å²) < 4.78 is 6.55. The molecule has 1 saturated heterocycles. The molecule has 4 heteroatoms. The highest BCUT2D eigenvalue weighted by atomic mass is 28.4. The lowest BCUT2D eigenvalue weighted by Gasteiger charge is -2.43. The van der Waals surface area contributed by atoms with Crippen LogP contribution in [-0.4, -0.2) is 44.5 Å². The Morgan fingerprint density at radius 2 is 1.88 bits per heavy atom. The number of nitrogens with one attached hydrogen (secondary N) is 1. The lowest BCUT2D eigenvalue weighted by Crippen LogP contribution is -2.60. The van der Waals surface area contributed by atoms with E-state index in [4.69, 9.17) is 4.43 Å². The molecule has 0 aromatic heterocycles. The van der Waals surface area contributed by atoms with Gasteiger partial charge in [0, 0.05) is 31.2 Å². The van der Waals surface area contributed by atoms with Crippen molar-refractivity contribution in [2.75, 3.05) is 19.7 Å². The number of rotatable bonds is 5. The van der Waals surface area contributed by atoms with Crippen LogP contribution >= 0.6 is 0 Å². The zero-order valence-electron chi connectivity index (χ0n) is 16.1. The van der Waals surface area contributed by atoms with Crippen LogP contribution in [0.5, 0.6) is 0 Å². The molecule has 1 atom stereocenters. The maximum atomic E-state index is 6.55. The van der Waals surface area contributed by atoms with Crippen LogP contribution in [0.2, 0.25) is 18.1 Å². The molecule has 3 rings (SSSR count). The van der Waals surface area contributed by atoms with E-state index in [9.17, 15) is 0 Å². The van der Waals surface area contributed by atoms with E-state index in [1.165, 1.54) is 18.4 Å². The molecule has 0 radical (unpaired) electrons. The molecular weight excluding hydrogens is 312 g/mol. The van der Waals surface area contributed by atoms with Crippen LogP contribution in [0.1, 0.15) is 39.2 Å². The van der Waals surface area contributed by atoms with Crippen LogP contribution in [0, 0.1) is 0 Å². The maximum Gasteiger partial charge on any atom is 0.192 e. The predicted molar refractivity (Wildman–Crippen MR) is 104 cm³/mol. The number of nitrogens with zero attached hydrogens (tertiary/aromatic N) is 1. The van der Waals surface area contributed by atoms with Crippen molar-refractivity contribution in [3.8, 4) is 0 Å². The first-order valence-electron chi connectivity index (χ1n) is 9.38. The van der Waals surface area contributed by atoms with Gasteiger partial charge in [-0.2, -0.15) is 0 Å². The molecule has 0 bridgehead atoms. The molecule has 1 aliphatic carbocycles. The summed E-state index contributed by atoms with van der Waals surface area (Å²) in [5, 5.41) is 4.08. The van der Waals surface area contributed by atoms with E-state index in [0.29, 0.717) is 11.6 Å². The Kier molecular flexibility index (Phi) is 4.95. The molecule has 0 amide bonds. The zero-order chi connectivity index (χ0) is 17.4. The normalized spacial score (nSPS) is 24.3. The highest BCUT2D eigenvalue weighted by Crippen LogP contribution is 2.40. The SMILES string of the molecule is CC(C)(C)[Si](C)(C)OCC1CNC2(CC2)CN1Cc1ccccc1. The first-order chi connectivity index (χ1) is 11.2. The fraction of sp³-hybridized carbons (Fsp3) is 0.700. The molecule has 1 aromatic rings. The van der Waals surface area contributed by atoms with Gasteiger partial charge in [-0.3, -0.25) is 4.90 Å². The Balaban J connectivity index is 1.65. The third-order valence-electron chi connectivity index (χ3n) is 6.26. The van der Waals surface area contributed by atoms with E-state index in [2.05, 4.69) is 74.4 Å². The van der Waals surface area contributed by atoms with Gasteiger partial charge in [-0.15, -0.1) is 0 Å². The molecule has 24 heavy (non-hydrogen) atoms. The summed E-state index contributed by atoms with van der Waals surface area (Å²) in [6.07, 6.45) is 2.65. The fourth-order valence-corrected chi connectivity index (χ4v) is 4.25. The van der Waals surface area contributed by atoms with Crippen LogP contribution in [0.3, 0.4) is 0 Å². The van der Waals surface area contributed by atoms with Gasteiger partial charge in [-0.25, -0.2) is 0 Å². The van der Waals surface area contributed by atoms with Crippen molar-refractivity contribution in [2.45, 2.75) is 69.9 Å². The van der Waals surface area contributed by atoms with Crippen LogP contribution in [0.15, 0.2) is 30.3 Å². The van der Waals surface area contributed by atoms with E-state index in [-0.39, 0.29) is 5.04 Å². The Morgan fingerprint density at radius 1 is 1.21 bits per heavy atom. The van der Waals surface area contributed by atoms with Gasteiger partial charge in [-0.1, -0.05) is 51.1 Å². The van der Waals surface area contributed by atoms with Gasteiger partial charge in [0.2, 0.25) is 0 Å². The molecule has 1 aromatic carbocycles. The molecule has 2 fully saturated rings. The summed E-state index contributed by atoms with van der Waals surface area (Å²) in [7, 11) is -1.69. The Hall–Kier alpha value is -0.683. The molecule has 134 valence electrons. The lowest BCUT2D eigenvalue weighted by molar-refractivity contribution is 0.0719. The monoisotopic (exact) mass is 346 g/mol. The van der Waals surface area contributed by atoms with E-state index < -0.39 is 8.32 Å². The smallest absolute Gasteiger partial charge is 0.192 e. The van der Waals surface area contributed by atoms with Gasteiger partial charge in [0.15, 0.2) is 8.32 Å². The van der Waals surface area contributed by atoms with Crippen molar-refractivity contribution >= 4 is 8.32 Å². The minimum Gasteiger partial charge on any atom is -0.415 e. The number of hydrogen-bond acceptors (Lipinski definition) is 3. The minimum absolute atomic E-state index is 0.275. The van der Waals surface area contributed by atoms with E-state index in [0.717, 1.165) is 26.2 Å². The number of piperazine rings is 1. The average Bonchev–Trinajstić information content (AvgIpc) is 3.25. The minimum atomic E-state index is -1.69. The number of hydrogen-bond donors (Lipinski definition) is 1. The van der Waals surface area contributed by atoms with Crippen molar-refractivity contribution in [1.29, 1.82) is 0 Å². The lowest BCUT2D eigenvalue weighted by atomic mass is 10.1. The summed E-state index contributed by atoms with van der Waals surface area (Å²) in [5.41, 5.74) is 1.81. The molecule has 2 aliphatic rings. The summed E-state index contributed by atoms with van der Waals surface area (Å²) in [6.45, 7) is 15.8. The quantitative estimate of drug-likeness (QED) is 0.815. The Bertz CT molecular complexity index is 549. The fourth-order valence-electron chi connectivity index (χ4n) is 3.21. The Morgan fingerprint density at radius 3 is 2.46 bits per heavy atom. The van der Waals surface area contributed by atoms with E-state index >= 15 is 0 Å². The van der Waals surface area contributed by atoms with Crippen molar-refractivity contribution in [2.24, 2.45) is 0 Å². The van der Waals surface area contributed by atoms with Crippen molar-refractivity contribution < 1.29 is 4.43 Å².